The minimum Gasteiger partial charge on any atom is -0.340 e. The molecular formula is C22H23N3O3. The van der Waals surface area contributed by atoms with Gasteiger partial charge in [0.2, 0.25) is 11.8 Å². The van der Waals surface area contributed by atoms with Gasteiger partial charge in [-0.05, 0) is 43.2 Å². The van der Waals surface area contributed by atoms with E-state index in [1.54, 1.807) is 29.2 Å². The molecule has 2 aromatic carbocycles. The Morgan fingerprint density at radius 3 is 2.68 bits per heavy atom. The van der Waals surface area contributed by atoms with Crippen LogP contribution in [0.2, 0.25) is 0 Å². The molecule has 6 nitrogen and oxygen atoms in total. The lowest BCUT2D eigenvalue weighted by atomic mass is 10.1. The molecule has 0 spiro atoms. The highest BCUT2D eigenvalue weighted by Crippen LogP contribution is 2.17. The fraction of sp³-hybridized carbons (Fsp3) is 0.227. The van der Waals surface area contributed by atoms with Gasteiger partial charge in [0.25, 0.3) is 5.91 Å². The highest BCUT2D eigenvalue weighted by molar-refractivity contribution is 6.01. The van der Waals surface area contributed by atoms with Gasteiger partial charge in [0.05, 0.1) is 0 Å². The lowest BCUT2D eigenvalue weighted by Gasteiger charge is -2.17. The number of benzene rings is 2. The second kappa shape index (κ2) is 8.52. The summed E-state index contributed by atoms with van der Waals surface area (Å²) in [4.78, 5) is 38.3. The normalized spacial score (nSPS) is 16.0. The number of hydrogen-bond acceptors (Lipinski definition) is 3. The zero-order valence-corrected chi connectivity index (χ0v) is 15.8. The lowest BCUT2D eigenvalue weighted by molar-refractivity contribution is -0.129. The molecule has 0 aromatic heterocycles. The van der Waals surface area contributed by atoms with E-state index in [-0.39, 0.29) is 17.7 Å². The van der Waals surface area contributed by atoms with E-state index in [1.165, 1.54) is 5.56 Å². The number of anilines is 1. The van der Waals surface area contributed by atoms with Crippen molar-refractivity contribution in [3.63, 3.8) is 0 Å². The molecule has 1 heterocycles. The van der Waals surface area contributed by atoms with Crippen LogP contribution in [0.5, 0.6) is 0 Å². The van der Waals surface area contributed by atoms with Gasteiger partial charge in [0.1, 0.15) is 6.04 Å². The predicted molar refractivity (Wildman–Crippen MR) is 108 cm³/mol. The number of carbonyl (C=O) groups is 3. The molecule has 3 rings (SSSR count). The van der Waals surface area contributed by atoms with Crippen LogP contribution in [-0.2, 0) is 16.1 Å². The zero-order valence-electron chi connectivity index (χ0n) is 15.8. The third-order valence-corrected chi connectivity index (χ3v) is 4.67. The van der Waals surface area contributed by atoms with Crippen LogP contribution in [0.1, 0.15) is 27.9 Å². The molecule has 1 fully saturated rings. The molecule has 2 N–H and O–H groups in total. The van der Waals surface area contributed by atoms with Crippen molar-refractivity contribution < 1.29 is 14.4 Å². The lowest BCUT2D eigenvalue weighted by Crippen LogP contribution is -2.41. The first-order chi connectivity index (χ1) is 13.5. The van der Waals surface area contributed by atoms with Crippen LogP contribution in [-0.4, -0.2) is 35.2 Å². The molecule has 1 aliphatic heterocycles. The number of rotatable bonds is 6. The van der Waals surface area contributed by atoms with Crippen LogP contribution in [0, 0.1) is 6.92 Å². The Kier molecular flexibility index (Phi) is 5.89. The van der Waals surface area contributed by atoms with Crippen LogP contribution < -0.4 is 10.6 Å². The van der Waals surface area contributed by atoms with Crippen molar-refractivity contribution in [1.29, 1.82) is 0 Å². The third-order valence-electron chi connectivity index (χ3n) is 4.67. The molecule has 6 heteroatoms. The van der Waals surface area contributed by atoms with E-state index in [2.05, 4.69) is 17.2 Å². The van der Waals surface area contributed by atoms with Crippen molar-refractivity contribution in [3.05, 3.63) is 77.9 Å². The maximum Gasteiger partial charge on any atom is 0.252 e. The fourth-order valence-corrected chi connectivity index (χ4v) is 3.12. The summed E-state index contributed by atoms with van der Waals surface area (Å²) in [7, 11) is 0. The molecule has 28 heavy (non-hydrogen) atoms. The minimum atomic E-state index is -0.538. The molecule has 3 amide bonds. The van der Waals surface area contributed by atoms with Crippen molar-refractivity contribution in [1.82, 2.24) is 10.2 Å². The zero-order chi connectivity index (χ0) is 20.1. The molecule has 1 saturated heterocycles. The Morgan fingerprint density at radius 1 is 1.21 bits per heavy atom. The molecule has 0 bridgehead atoms. The molecule has 144 valence electrons. The smallest absolute Gasteiger partial charge is 0.252 e. The molecule has 0 radical (unpaired) electrons. The highest BCUT2D eigenvalue weighted by Gasteiger charge is 2.32. The molecule has 0 aliphatic carbocycles. The summed E-state index contributed by atoms with van der Waals surface area (Å²) in [5.74, 6) is -0.773. The first-order valence-electron chi connectivity index (χ1n) is 9.15. The van der Waals surface area contributed by atoms with Crippen LogP contribution in [0.15, 0.2) is 61.2 Å². The van der Waals surface area contributed by atoms with Gasteiger partial charge in [-0.1, -0.05) is 42.5 Å². The largest absolute Gasteiger partial charge is 0.340 e. The van der Waals surface area contributed by atoms with E-state index in [1.807, 2.05) is 31.2 Å². The molecule has 1 aliphatic rings. The first kappa shape index (κ1) is 19.4. The summed E-state index contributed by atoms with van der Waals surface area (Å²) < 4.78 is 0. The number of nitrogens with zero attached hydrogens (tertiary/aromatic N) is 1. The fourth-order valence-electron chi connectivity index (χ4n) is 3.12. The molecular weight excluding hydrogens is 354 g/mol. The number of nitrogens with one attached hydrogen (secondary N) is 2. The number of carbonyl (C=O) groups excluding carboxylic acids is 3. The summed E-state index contributed by atoms with van der Waals surface area (Å²) in [6.45, 7) is 6.56. The predicted octanol–water partition coefficient (Wildman–Crippen LogP) is 2.65. The van der Waals surface area contributed by atoms with Crippen LogP contribution in [0.25, 0.3) is 0 Å². The number of hydrogen-bond donors (Lipinski definition) is 2. The Morgan fingerprint density at radius 2 is 1.96 bits per heavy atom. The van der Waals surface area contributed by atoms with Crippen molar-refractivity contribution in [3.8, 4) is 0 Å². The summed E-state index contributed by atoms with van der Waals surface area (Å²) in [6, 6.07) is 14.1. The van der Waals surface area contributed by atoms with E-state index in [9.17, 15) is 14.4 Å². The van der Waals surface area contributed by atoms with Crippen LogP contribution >= 0.6 is 0 Å². The molecule has 2 aromatic rings. The van der Waals surface area contributed by atoms with Gasteiger partial charge in [-0.15, -0.1) is 0 Å². The first-order valence-corrected chi connectivity index (χ1v) is 9.15. The van der Waals surface area contributed by atoms with Gasteiger partial charge in [-0.3, -0.25) is 14.4 Å². The average molecular weight is 377 g/mol. The summed E-state index contributed by atoms with van der Waals surface area (Å²) in [6.07, 6.45) is 1.73. The van der Waals surface area contributed by atoms with E-state index in [4.69, 9.17) is 0 Å². The van der Waals surface area contributed by atoms with E-state index in [0.717, 1.165) is 11.6 Å². The SMILES string of the molecule is C=CC(=O)Nc1cccc(C(=O)NC2CCN(Cc3ccc(C)cc3)C2=O)c1. The summed E-state index contributed by atoms with van der Waals surface area (Å²) >= 11 is 0. The topological polar surface area (TPSA) is 78.5 Å². The Balaban J connectivity index is 1.61. The number of amides is 3. The van der Waals surface area contributed by atoms with Crippen molar-refractivity contribution in [2.75, 3.05) is 11.9 Å². The maximum absolute atomic E-state index is 12.6. The summed E-state index contributed by atoms with van der Waals surface area (Å²) in [5, 5.41) is 5.42. The second-order valence-corrected chi connectivity index (χ2v) is 6.83. The van der Waals surface area contributed by atoms with Gasteiger partial charge in [0.15, 0.2) is 0 Å². The number of likely N-dealkylation sites (tertiary alicyclic amines) is 1. The van der Waals surface area contributed by atoms with Crippen LogP contribution in [0.4, 0.5) is 5.69 Å². The summed E-state index contributed by atoms with van der Waals surface area (Å²) in [5.41, 5.74) is 3.12. The minimum absolute atomic E-state index is 0.0787. The van der Waals surface area contributed by atoms with Crippen molar-refractivity contribution in [2.24, 2.45) is 0 Å². The van der Waals surface area contributed by atoms with Gasteiger partial charge < -0.3 is 15.5 Å². The van der Waals surface area contributed by atoms with Crippen molar-refractivity contribution in [2.45, 2.75) is 25.9 Å². The van der Waals surface area contributed by atoms with Gasteiger partial charge in [0, 0.05) is 24.3 Å². The van der Waals surface area contributed by atoms with Gasteiger partial charge >= 0.3 is 0 Å². The second-order valence-electron chi connectivity index (χ2n) is 6.83. The molecule has 0 saturated carbocycles. The quantitative estimate of drug-likeness (QED) is 0.760. The van der Waals surface area contributed by atoms with Gasteiger partial charge in [-0.25, -0.2) is 0 Å². The van der Waals surface area contributed by atoms with E-state index in [0.29, 0.717) is 30.8 Å². The molecule has 1 unspecified atom stereocenters. The highest BCUT2D eigenvalue weighted by atomic mass is 16.2. The van der Waals surface area contributed by atoms with Crippen molar-refractivity contribution >= 4 is 23.4 Å². The standard InChI is InChI=1S/C22H23N3O3/c1-3-20(26)23-18-6-4-5-17(13-18)21(27)24-19-11-12-25(22(19)28)14-16-9-7-15(2)8-10-16/h3-10,13,19H,1,11-12,14H2,2H3,(H,23,26)(H,24,27). The maximum atomic E-state index is 12.6. The van der Waals surface area contributed by atoms with E-state index >= 15 is 0 Å². The Bertz CT molecular complexity index is 905. The molecule has 1 atom stereocenters. The monoisotopic (exact) mass is 377 g/mol. The average Bonchev–Trinajstić information content (AvgIpc) is 3.03. The van der Waals surface area contributed by atoms with E-state index < -0.39 is 6.04 Å². The Hall–Kier alpha value is -3.41. The Labute approximate surface area is 164 Å². The van der Waals surface area contributed by atoms with Crippen LogP contribution in [0.3, 0.4) is 0 Å². The number of aryl methyl sites for hydroxylation is 1. The third kappa shape index (κ3) is 4.65. The van der Waals surface area contributed by atoms with Gasteiger partial charge in [-0.2, -0.15) is 0 Å².